The fraction of sp³-hybridized carbons (Fsp3) is 0.385. The number of nitrogens with one attached hydrogen (secondary N) is 1. The molecule has 106 valence electrons. The lowest BCUT2D eigenvalue weighted by Crippen LogP contribution is -2.23. The van der Waals surface area contributed by atoms with Gasteiger partial charge in [-0.1, -0.05) is 0 Å². The Balaban J connectivity index is 2.20. The number of nitriles is 1. The quantitative estimate of drug-likeness (QED) is 0.912. The van der Waals surface area contributed by atoms with Crippen molar-refractivity contribution in [2.45, 2.75) is 12.6 Å². The molecule has 0 saturated carbocycles. The topological polar surface area (TPSA) is 52.9 Å². The number of carbonyl (C=O) groups is 1. The highest BCUT2D eigenvalue weighted by atomic mass is 32.2. The summed E-state index contributed by atoms with van der Waals surface area (Å²) < 4.78 is 37.6. The molecular formula is C13H11F3N2OS. The predicted molar refractivity (Wildman–Crippen MR) is 70.2 cm³/mol. The number of hydrogen-bond acceptors (Lipinski definition) is 3. The Morgan fingerprint density at radius 3 is 2.75 bits per heavy atom. The van der Waals surface area contributed by atoms with Crippen molar-refractivity contribution in [2.24, 2.45) is 5.92 Å². The molecule has 1 N–H and O–H groups in total. The van der Waals surface area contributed by atoms with Crippen LogP contribution in [-0.2, 0) is 11.0 Å². The zero-order valence-electron chi connectivity index (χ0n) is 10.3. The van der Waals surface area contributed by atoms with Crippen molar-refractivity contribution in [3.05, 3.63) is 29.3 Å². The Labute approximate surface area is 118 Å². The summed E-state index contributed by atoms with van der Waals surface area (Å²) in [5.41, 5.74) is -0.954. The Bertz CT molecular complexity index is 560. The monoisotopic (exact) mass is 300 g/mol. The molecule has 1 aromatic rings. The van der Waals surface area contributed by atoms with E-state index >= 15 is 0 Å². The van der Waals surface area contributed by atoms with Gasteiger partial charge < -0.3 is 5.32 Å². The van der Waals surface area contributed by atoms with E-state index in [9.17, 15) is 18.0 Å². The van der Waals surface area contributed by atoms with Crippen molar-refractivity contribution in [2.75, 3.05) is 16.8 Å². The van der Waals surface area contributed by atoms with Crippen LogP contribution in [0.2, 0.25) is 0 Å². The normalized spacial score (nSPS) is 18.6. The molecule has 1 saturated heterocycles. The largest absolute Gasteiger partial charge is 0.416 e. The number of benzene rings is 1. The third kappa shape index (κ3) is 3.25. The van der Waals surface area contributed by atoms with Gasteiger partial charge in [0, 0.05) is 11.7 Å². The van der Waals surface area contributed by atoms with Crippen molar-refractivity contribution in [3.8, 4) is 6.07 Å². The number of thioether (sulfide) groups is 1. The van der Waals surface area contributed by atoms with Crippen LogP contribution in [0.4, 0.5) is 18.9 Å². The summed E-state index contributed by atoms with van der Waals surface area (Å²) in [7, 11) is 0. The van der Waals surface area contributed by atoms with Gasteiger partial charge in [-0.25, -0.2) is 0 Å². The van der Waals surface area contributed by atoms with Crippen LogP contribution in [0.5, 0.6) is 0 Å². The first kappa shape index (κ1) is 14.7. The lowest BCUT2D eigenvalue weighted by Gasteiger charge is -2.13. The van der Waals surface area contributed by atoms with E-state index < -0.39 is 11.7 Å². The Morgan fingerprint density at radius 1 is 1.45 bits per heavy atom. The molecule has 3 nitrogen and oxygen atoms in total. The van der Waals surface area contributed by atoms with E-state index in [0.29, 0.717) is 5.75 Å². The third-order valence-electron chi connectivity index (χ3n) is 3.03. The third-order valence-corrected chi connectivity index (χ3v) is 4.19. The van der Waals surface area contributed by atoms with Gasteiger partial charge in [0.2, 0.25) is 5.91 Å². The lowest BCUT2D eigenvalue weighted by molar-refractivity contribution is -0.137. The molecule has 1 atom stereocenters. The van der Waals surface area contributed by atoms with E-state index in [0.717, 1.165) is 30.4 Å². The Hall–Kier alpha value is -1.68. The summed E-state index contributed by atoms with van der Waals surface area (Å²) in [5, 5.41) is 11.5. The number of alkyl halides is 3. The predicted octanol–water partition coefficient (Wildman–Crippen LogP) is 3.27. The minimum Gasteiger partial charge on any atom is -0.325 e. The van der Waals surface area contributed by atoms with Crippen LogP contribution in [0, 0.1) is 17.2 Å². The van der Waals surface area contributed by atoms with Crippen molar-refractivity contribution in [1.82, 2.24) is 0 Å². The Kier molecular flexibility index (Phi) is 4.23. The van der Waals surface area contributed by atoms with Gasteiger partial charge in [0.25, 0.3) is 0 Å². The average molecular weight is 300 g/mol. The molecule has 0 aliphatic carbocycles. The number of amides is 1. The molecule has 1 unspecified atom stereocenters. The van der Waals surface area contributed by atoms with E-state index in [1.54, 1.807) is 17.8 Å². The van der Waals surface area contributed by atoms with Crippen LogP contribution in [0.25, 0.3) is 0 Å². The number of halogens is 3. The van der Waals surface area contributed by atoms with Crippen LogP contribution >= 0.6 is 11.8 Å². The van der Waals surface area contributed by atoms with Gasteiger partial charge >= 0.3 is 6.18 Å². The first-order valence-electron chi connectivity index (χ1n) is 5.92. The van der Waals surface area contributed by atoms with E-state index in [2.05, 4.69) is 5.32 Å². The summed E-state index contributed by atoms with van der Waals surface area (Å²) in [6, 6.07) is 4.42. The highest BCUT2D eigenvalue weighted by Gasteiger charge is 2.31. The second-order valence-electron chi connectivity index (χ2n) is 4.42. The molecule has 0 bridgehead atoms. The highest BCUT2D eigenvalue weighted by molar-refractivity contribution is 7.99. The molecule has 0 aromatic heterocycles. The van der Waals surface area contributed by atoms with Crippen LogP contribution in [-0.4, -0.2) is 17.4 Å². The molecule has 1 fully saturated rings. The summed E-state index contributed by atoms with van der Waals surface area (Å²) in [4.78, 5) is 11.9. The number of carbonyl (C=O) groups excluding carboxylic acids is 1. The van der Waals surface area contributed by atoms with Crippen molar-refractivity contribution in [3.63, 3.8) is 0 Å². The molecule has 1 aromatic carbocycles. The average Bonchev–Trinajstić information content (AvgIpc) is 2.91. The maximum absolute atomic E-state index is 12.5. The molecule has 1 aliphatic heterocycles. The molecule has 0 radical (unpaired) electrons. The first-order valence-corrected chi connectivity index (χ1v) is 7.07. The number of anilines is 1. The zero-order chi connectivity index (χ0) is 14.8. The van der Waals surface area contributed by atoms with Gasteiger partial charge in [0.1, 0.15) is 6.07 Å². The lowest BCUT2D eigenvalue weighted by atomic mass is 10.1. The minimum atomic E-state index is -4.50. The standard InChI is InChI=1S/C13H11F3N2OS/c14-13(15,16)10-1-2-11(9(5-10)6-17)18-12(19)8-3-4-20-7-8/h1-2,5,8H,3-4,7H2,(H,18,19). The number of nitrogens with zero attached hydrogens (tertiary/aromatic N) is 1. The molecule has 7 heteroatoms. The Morgan fingerprint density at radius 2 is 2.20 bits per heavy atom. The molecule has 1 aliphatic rings. The van der Waals surface area contributed by atoms with Gasteiger partial charge in [-0.3, -0.25) is 4.79 Å². The molecule has 0 spiro atoms. The van der Waals surface area contributed by atoms with E-state index in [4.69, 9.17) is 5.26 Å². The fourth-order valence-electron chi connectivity index (χ4n) is 1.90. The van der Waals surface area contributed by atoms with Crippen LogP contribution in [0.3, 0.4) is 0 Å². The number of rotatable bonds is 2. The first-order chi connectivity index (χ1) is 9.41. The van der Waals surface area contributed by atoms with Gasteiger partial charge in [0.05, 0.1) is 16.8 Å². The van der Waals surface area contributed by atoms with Crippen molar-refractivity contribution < 1.29 is 18.0 Å². The van der Waals surface area contributed by atoms with Crippen molar-refractivity contribution >= 4 is 23.4 Å². The van der Waals surface area contributed by atoms with E-state index in [-0.39, 0.29) is 23.1 Å². The maximum Gasteiger partial charge on any atom is 0.416 e. The second kappa shape index (κ2) is 5.75. The zero-order valence-corrected chi connectivity index (χ0v) is 11.1. The van der Waals surface area contributed by atoms with Crippen LogP contribution < -0.4 is 5.32 Å². The summed E-state index contributed by atoms with van der Waals surface area (Å²) in [6.45, 7) is 0. The smallest absolute Gasteiger partial charge is 0.325 e. The van der Waals surface area contributed by atoms with Crippen LogP contribution in [0.1, 0.15) is 17.5 Å². The number of hydrogen-bond donors (Lipinski definition) is 1. The summed E-state index contributed by atoms with van der Waals surface area (Å²) in [5.74, 6) is 1.21. The van der Waals surface area contributed by atoms with Crippen molar-refractivity contribution in [1.29, 1.82) is 5.26 Å². The van der Waals surface area contributed by atoms with E-state index in [1.807, 2.05) is 0 Å². The molecule has 20 heavy (non-hydrogen) atoms. The van der Waals surface area contributed by atoms with Crippen LogP contribution in [0.15, 0.2) is 18.2 Å². The summed E-state index contributed by atoms with van der Waals surface area (Å²) in [6.07, 6.45) is -3.75. The fourth-order valence-corrected chi connectivity index (χ4v) is 3.12. The maximum atomic E-state index is 12.5. The van der Waals surface area contributed by atoms with E-state index in [1.165, 1.54) is 0 Å². The van der Waals surface area contributed by atoms with Gasteiger partial charge in [0.15, 0.2) is 0 Å². The van der Waals surface area contributed by atoms with Gasteiger partial charge in [-0.05, 0) is 30.4 Å². The summed E-state index contributed by atoms with van der Waals surface area (Å²) >= 11 is 1.66. The molecular weight excluding hydrogens is 289 g/mol. The van der Waals surface area contributed by atoms with Gasteiger partial charge in [-0.2, -0.15) is 30.2 Å². The minimum absolute atomic E-state index is 0.127. The highest BCUT2D eigenvalue weighted by Crippen LogP contribution is 2.32. The second-order valence-corrected chi connectivity index (χ2v) is 5.57. The molecule has 1 amide bonds. The van der Waals surface area contributed by atoms with Gasteiger partial charge in [-0.15, -0.1) is 0 Å². The molecule has 1 heterocycles. The SMILES string of the molecule is N#Cc1cc(C(F)(F)F)ccc1NC(=O)C1CCSC1. The molecule has 2 rings (SSSR count).